The number of nitrogen functional groups attached to an aromatic ring is 3. The Morgan fingerprint density at radius 2 is 0.806 bits per heavy atom. The van der Waals surface area contributed by atoms with Gasteiger partial charge < -0.3 is 66.1 Å². The number of hydrogen-bond acceptors (Lipinski definition) is 25. The highest BCUT2D eigenvalue weighted by molar-refractivity contribution is 7.86. The monoisotopic (exact) mass is 1960 g/mol. The van der Waals surface area contributed by atoms with Gasteiger partial charge in [-0.1, -0.05) is 224 Å². The van der Waals surface area contributed by atoms with Crippen molar-refractivity contribution in [3.05, 3.63) is 274 Å². The summed E-state index contributed by atoms with van der Waals surface area (Å²) in [6, 6.07) is 61.6. The predicted octanol–water partition coefficient (Wildman–Crippen LogP) is 22.2. The number of ether oxygens (including phenoxy) is 4. The Balaban J connectivity index is 0.000000208. The molecule has 5 aromatic heterocycles. The maximum Gasteiger partial charge on any atom is 0.343 e. The van der Waals surface area contributed by atoms with Crippen LogP contribution in [0.15, 0.2) is 213 Å². The van der Waals surface area contributed by atoms with Gasteiger partial charge in [0.15, 0.2) is 16.6 Å². The first kappa shape index (κ1) is 112. The number of aliphatic hydroxyl groups excluding tert-OH is 1. The van der Waals surface area contributed by atoms with Gasteiger partial charge in [0.1, 0.15) is 56.9 Å². The van der Waals surface area contributed by atoms with Crippen LogP contribution in [-0.2, 0) is 47.6 Å². The van der Waals surface area contributed by atoms with E-state index in [-0.39, 0.29) is 93.5 Å². The summed E-state index contributed by atoms with van der Waals surface area (Å²) >= 11 is 0. The first-order valence-electron chi connectivity index (χ1n) is 48.1. The average molecular weight is 1960 g/mol. The third-order valence-electron chi connectivity index (χ3n) is 25.4. The fourth-order valence-electron chi connectivity index (χ4n) is 15.3. The van der Waals surface area contributed by atoms with Crippen molar-refractivity contribution in [3.8, 4) is 0 Å². The molecule has 0 fully saturated rings. The summed E-state index contributed by atoms with van der Waals surface area (Å²) in [6.45, 7) is 44.9. The van der Waals surface area contributed by atoms with E-state index < -0.39 is 56.3 Å². The number of nitrogens with two attached hydrogens (primary N) is 3. The van der Waals surface area contributed by atoms with Gasteiger partial charge in [0.2, 0.25) is 0 Å². The Morgan fingerprint density at radius 3 is 1.19 bits per heavy atom. The largest absolute Gasteiger partial charge is 0.462 e. The number of hydrogen-bond donors (Lipinski definition) is 8. The maximum absolute atomic E-state index is 13.2. The zero-order chi connectivity index (χ0) is 102. The summed E-state index contributed by atoms with van der Waals surface area (Å²) in [5, 5.41) is 44.2. The second-order valence-corrected chi connectivity index (χ2v) is 49.7. The average Bonchev–Trinajstić information content (AvgIpc) is 1.76. The lowest BCUT2D eigenvalue weighted by Gasteiger charge is -2.39. The summed E-state index contributed by atoms with van der Waals surface area (Å²) in [6.07, 6.45) is 16.0. The van der Waals surface area contributed by atoms with Gasteiger partial charge in [-0.05, 0) is 210 Å². The molecule has 11 aromatic rings. The Kier molecular flexibility index (Phi) is 42.2. The Labute approximate surface area is 823 Å². The van der Waals surface area contributed by atoms with Gasteiger partial charge in [0, 0.05) is 0 Å². The van der Waals surface area contributed by atoms with Crippen LogP contribution in [0.4, 0.5) is 29.1 Å². The number of amides is 1. The number of benzene rings is 6. The van der Waals surface area contributed by atoms with Gasteiger partial charge >= 0.3 is 23.9 Å². The summed E-state index contributed by atoms with van der Waals surface area (Å²) in [5.41, 5.74) is 25.8. The standard InChI is InChI=1S/C24H28N4O.C23H37N3O3Si.C18H32O4SSi.C17H23N3O3.C17H21N3O2.C6H9N3O2/c1-17-14-15-21(18-10-6-4-7-11-18)26-22-20(16-25-28(17)22)23(29)27-24(2,3)19-12-8-5-9-13-19;1-8-28-22(27)19-16-25-26(21(19)24)17(2)14-15-20(18-12-10-9-11-13-18)29-30(6,7)23(3,4)5;1-15(21-23(5,19)20)13-14-17(16-11-9-8-10-12-16)22-24(6,7)18(2,3)4;1-3-23-17(22)14-11-19-20(16(14)18)12(2)9-10-15(21)13-7-5-4-6-8-13;1-3-22-17(21)14-11-18-20-12(2)9-10-15(19-16(14)20)13-7-5-4-6-8-13;1-2-11-6(10)4-3-8-9-5(4)7/h4-13,16-17,21,26H,14-15H2,1-3H3,(H,27,29);9-13,16-17,20H,8,14-15,24H2,1-7H3;8-12,15,17H,13-14H2,1-7H3;4-8,11-12,15,21H,3,9-10,18H2,1-2H3;4-8,11-12,15,19H,3,9-10H2,1-2H3;3H,2H2,1H3,(H3,7,8,9). The second-order valence-electron chi connectivity index (χ2n) is 38.6. The molecule has 31 nitrogen and oxygen atoms in total. The fraction of sp³-hybridized carbons (Fsp3) is 0.467. The number of esters is 4. The van der Waals surface area contributed by atoms with Crippen LogP contribution in [0, 0.1) is 0 Å². The quantitative estimate of drug-likeness (QED) is 0.00819. The number of aromatic amines is 1. The molecule has 139 heavy (non-hydrogen) atoms. The molecule has 10 unspecified atom stereocenters. The van der Waals surface area contributed by atoms with Gasteiger partial charge in [-0.25, -0.2) is 37.9 Å². The number of nitrogens with one attached hydrogen (secondary N) is 4. The van der Waals surface area contributed by atoms with Crippen LogP contribution in [0.3, 0.4) is 0 Å². The number of H-pyrrole nitrogens is 1. The molecule has 0 bridgehead atoms. The van der Waals surface area contributed by atoms with Crippen LogP contribution >= 0.6 is 0 Å². The SMILES string of the molecule is CC(CCC(O[Si](C)(C)C(C)(C)C)c1ccccc1)OS(C)(=O)=O.CC1CCC(c2ccccc2)Nc2c(C(=O)NC(C)(C)c3ccccc3)cnn21.CCOC(=O)c1cn[nH]c1N.CCOC(=O)c1cnn(C(C)CCC(O)c2ccccc2)c1N.CCOC(=O)c1cnn(C(C)CCC(O[Si](C)(C)C(C)(C)C)c2ccccc2)c1N.CCOC(=O)c1cnn2c1NC(c1ccccc1)CCC2C. The van der Waals surface area contributed by atoms with E-state index in [4.69, 9.17) is 44.4 Å². The van der Waals surface area contributed by atoms with Crippen LogP contribution in [0.1, 0.15) is 322 Å². The van der Waals surface area contributed by atoms with E-state index in [0.717, 1.165) is 79.5 Å². The van der Waals surface area contributed by atoms with Gasteiger partial charge in [-0.2, -0.15) is 33.9 Å². The number of carbonyl (C=O) groups is 5. The van der Waals surface area contributed by atoms with Crippen molar-refractivity contribution in [2.24, 2.45) is 0 Å². The molecular formula is C105H150N16O15SSi2. The third-order valence-corrected chi connectivity index (χ3v) is 35.1. The van der Waals surface area contributed by atoms with E-state index in [1.165, 1.54) is 35.3 Å². The summed E-state index contributed by atoms with van der Waals surface area (Å²) in [5.74, 6) is 0.660. The van der Waals surface area contributed by atoms with Crippen LogP contribution in [0.5, 0.6) is 0 Å². The molecule has 0 saturated heterocycles. The number of fused-ring (bicyclic) bond motifs is 2. The smallest absolute Gasteiger partial charge is 0.343 e. The van der Waals surface area contributed by atoms with E-state index in [1.807, 2.05) is 146 Å². The van der Waals surface area contributed by atoms with E-state index >= 15 is 0 Å². The van der Waals surface area contributed by atoms with E-state index in [9.17, 15) is 37.5 Å². The van der Waals surface area contributed by atoms with Crippen LogP contribution in [0.2, 0.25) is 36.3 Å². The van der Waals surface area contributed by atoms with Crippen molar-refractivity contribution in [1.82, 2.24) is 54.6 Å². The minimum atomic E-state index is -3.43. The first-order chi connectivity index (χ1) is 65.7. The van der Waals surface area contributed by atoms with Gasteiger partial charge in [-0.3, -0.25) is 14.1 Å². The van der Waals surface area contributed by atoms with Crippen LogP contribution in [0.25, 0.3) is 0 Å². The molecule has 6 aromatic carbocycles. The molecule has 2 aliphatic heterocycles. The maximum atomic E-state index is 13.2. The lowest BCUT2D eigenvalue weighted by molar-refractivity contribution is 0.0517. The lowest BCUT2D eigenvalue weighted by Crippen LogP contribution is -2.42. The van der Waals surface area contributed by atoms with Crippen LogP contribution in [-0.4, -0.2) is 148 Å². The van der Waals surface area contributed by atoms with Crippen molar-refractivity contribution >= 4 is 85.6 Å². The molecule has 10 atom stereocenters. The highest BCUT2D eigenvalue weighted by Gasteiger charge is 2.42. The molecule has 0 radical (unpaired) electrons. The van der Waals surface area contributed by atoms with E-state index in [1.54, 1.807) is 49.5 Å². The van der Waals surface area contributed by atoms with Gasteiger partial charge in [0.25, 0.3) is 16.0 Å². The molecule has 0 saturated carbocycles. The molecule has 2 aliphatic rings. The highest BCUT2D eigenvalue weighted by Crippen LogP contribution is 2.45. The molecular weight excluding hydrogens is 1810 g/mol. The summed E-state index contributed by atoms with van der Waals surface area (Å²) < 4.78 is 68.0. The number of aromatic nitrogens is 10. The zero-order valence-corrected chi connectivity index (χ0v) is 88.0. The Hall–Kier alpha value is -12.1. The minimum Gasteiger partial charge on any atom is -0.462 e. The first-order valence-corrected chi connectivity index (χ1v) is 55.7. The Morgan fingerprint density at radius 1 is 0.460 bits per heavy atom. The number of carbonyl (C=O) groups excluding carboxylic acids is 5. The minimum absolute atomic E-state index is 0.0101. The fourth-order valence-corrected chi connectivity index (χ4v) is 18.7. The predicted molar refractivity (Wildman–Crippen MR) is 554 cm³/mol. The molecule has 0 aliphatic carbocycles. The number of aliphatic hydroxyl groups is 1. The van der Waals surface area contributed by atoms with Gasteiger partial charge in [0.05, 0.1) is 130 Å². The van der Waals surface area contributed by atoms with Crippen molar-refractivity contribution in [2.75, 3.05) is 60.5 Å². The van der Waals surface area contributed by atoms with E-state index in [0.29, 0.717) is 74.0 Å². The number of rotatable bonds is 33. The van der Waals surface area contributed by atoms with Crippen molar-refractivity contribution in [2.45, 2.75) is 284 Å². The molecule has 34 heteroatoms. The summed E-state index contributed by atoms with van der Waals surface area (Å²) in [4.78, 5) is 60.1. The van der Waals surface area contributed by atoms with Crippen molar-refractivity contribution < 1.29 is 69.5 Å². The summed E-state index contributed by atoms with van der Waals surface area (Å²) in [7, 11) is -7.30. The molecule has 1 amide bonds. The number of anilines is 5. The molecule has 754 valence electrons. The zero-order valence-electron chi connectivity index (χ0n) is 85.2. The number of nitrogens with zero attached hydrogens (tertiary/aromatic N) is 9. The Bertz CT molecular complexity index is 5730. The van der Waals surface area contributed by atoms with Gasteiger partial charge in [-0.15, -0.1) is 0 Å². The van der Waals surface area contributed by atoms with Crippen molar-refractivity contribution in [3.63, 3.8) is 0 Å². The van der Waals surface area contributed by atoms with E-state index in [2.05, 4.69) is 213 Å². The molecule has 7 heterocycles. The highest BCUT2D eigenvalue weighted by atomic mass is 32.2. The van der Waals surface area contributed by atoms with Crippen molar-refractivity contribution in [1.29, 1.82) is 0 Å². The lowest BCUT2D eigenvalue weighted by atomic mass is 9.94. The second kappa shape index (κ2) is 52.3. The molecule has 11 N–H and O–H groups in total. The van der Waals surface area contributed by atoms with Crippen LogP contribution < -0.4 is 33.2 Å². The third kappa shape index (κ3) is 32.8. The molecule has 0 spiro atoms. The molecule has 13 rings (SSSR count). The normalized spacial score (nSPS) is 16.1. The topological polar surface area (TPSA) is 418 Å².